The molecule has 1 aliphatic rings. The van der Waals surface area contributed by atoms with Crippen molar-refractivity contribution < 1.29 is 4.79 Å². The van der Waals surface area contributed by atoms with Gasteiger partial charge in [0.25, 0.3) is 5.91 Å². The molecular weight excluding hydrogens is 292 g/mol. The Bertz CT molecular complexity index is 447. The molecule has 0 saturated heterocycles. The first-order valence-electron chi connectivity index (χ1n) is 6.40. The van der Waals surface area contributed by atoms with Gasteiger partial charge in [0, 0.05) is 12.2 Å². The monoisotopic (exact) mass is 310 g/mol. The van der Waals surface area contributed by atoms with Crippen LogP contribution in [0.2, 0.25) is 0 Å². The fraction of sp³-hybridized carbons (Fsp3) is 0.500. The highest BCUT2D eigenvalue weighted by molar-refractivity contribution is 9.10. The average molecular weight is 311 g/mol. The summed E-state index contributed by atoms with van der Waals surface area (Å²) in [5.41, 5.74) is 6.97. The molecule has 98 valence electrons. The van der Waals surface area contributed by atoms with Gasteiger partial charge in [0.05, 0.1) is 10.0 Å². The molecule has 2 rings (SSSR count). The number of amides is 1. The molecule has 1 aromatic carbocycles. The van der Waals surface area contributed by atoms with Gasteiger partial charge < -0.3 is 11.1 Å². The second-order valence-corrected chi connectivity index (χ2v) is 6.00. The van der Waals surface area contributed by atoms with E-state index in [4.69, 9.17) is 5.73 Å². The summed E-state index contributed by atoms with van der Waals surface area (Å²) < 4.78 is 0.683. The average Bonchev–Trinajstić information content (AvgIpc) is 2.76. The Balaban J connectivity index is 1.94. The summed E-state index contributed by atoms with van der Waals surface area (Å²) in [7, 11) is 0. The molecule has 0 radical (unpaired) electrons. The van der Waals surface area contributed by atoms with Gasteiger partial charge in [-0.1, -0.05) is 19.4 Å². The number of hydrogen-bond acceptors (Lipinski definition) is 2. The molecule has 1 aliphatic carbocycles. The number of rotatable bonds is 3. The fourth-order valence-corrected chi connectivity index (χ4v) is 3.01. The lowest BCUT2D eigenvalue weighted by atomic mass is 10.1. The third kappa shape index (κ3) is 3.05. The Kier molecular flexibility index (Phi) is 4.27. The van der Waals surface area contributed by atoms with E-state index in [0.717, 1.165) is 12.5 Å². The lowest BCUT2D eigenvalue weighted by molar-refractivity contribution is 0.0946. The van der Waals surface area contributed by atoms with Crippen molar-refractivity contribution in [1.82, 2.24) is 5.32 Å². The van der Waals surface area contributed by atoms with E-state index < -0.39 is 0 Å². The van der Waals surface area contributed by atoms with E-state index in [9.17, 15) is 4.79 Å². The highest BCUT2D eigenvalue weighted by atomic mass is 79.9. The maximum absolute atomic E-state index is 12.1. The van der Waals surface area contributed by atoms with Gasteiger partial charge in [0.2, 0.25) is 0 Å². The number of halogens is 1. The molecule has 1 fully saturated rings. The summed E-state index contributed by atoms with van der Waals surface area (Å²) in [6.45, 7) is 3.04. The van der Waals surface area contributed by atoms with Crippen LogP contribution in [0, 0.1) is 11.8 Å². The zero-order valence-corrected chi connectivity index (χ0v) is 12.2. The van der Waals surface area contributed by atoms with Crippen LogP contribution in [-0.4, -0.2) is 12.5 Å². The van der Waals surface area contributed by atoms with Crippen LogP contribution < -0.4 is 11.1 Å². The zero-order valence-electron chi connectivity index (χ0n) is 10.6. The van der Waals surface area contributed by atoms with E-state index in [2.05, 4.69) is 28.2 Å². The first-order chi connectivity index (χ1) is 8.58. The lowest BCUT2D eigenvalue weighted by Crippen LogP contribution is -2.28. The van der Waals surface area contributed by atoms with Crippen LogP contribution in [0.25, 0.3) is 0 Å². The molecule has 3 N–H and O–H groups in total. The Morgan fingerprint density at radius 3 is 2.94 bits per heavy atom. The SMILES string of the molecule is CC1CCC(CNC(=O)c2cccc(N)c2Br)C1. The molecule has 3 nitrogen and oxygen atoms in total. The Morgan fingerprint density at radius 2 is 2.28 bits per heavy atom. The topological polar surface area (TPSA) is 55.1 Å². The predicted molar refractivity (Wildman–Crippen MR) is 77.4 cm³/mol. The Morgan fingerprint density at radius 1 is 1.50 bits per heavy atom. The van der Waals surface area contributed by atoms with E-state index in [-0.39, 0.29) is 5.91 Å². The molecule has 4 heteroatoms. The van der Waals surface area contributed by atoms with Crippen molar-refractivity contribution >= 4 is 27.5 Å². The van der Waals surface area contributed by atoms with Crippen molar-refractivity contribution in [3.05, 3.63) is 28.2 Å². The Hall–Kier alpha value is -1.03. The second kappa shape index (κ2) is 5.74. The van der Waals surface area contributed by atoms with E-state index in [1.54, 1.807) is 18.2 Å². The molecule has 0 bridgehead atoms. The van der Waals surface area contributed by atoms with E-state index in [1.807, 2.05) is 0 Å². The predicted octanol–water partition coefficient (Wildman–Crippen LogP) is 3.20. The zero-order chi connectivity index (χ0) is 13.1. The van der Waals surface area contributed by atoms with Crippen molar-refractivity contribution in [1.29, 1.82) is 0 Å². The van der Waals surface area contributed by atoms with Crippen LogP contribution in [0.4, 0.5) is 5.69 Å². The minimum atomic E-state index is -0.0475. The molecule has 0 aromatic heterocycles. The van der Waals surface area contributed by atoms with Gasteiger partial charge in [-0.15, -0.1) is 0 Å². The minimum absolute atomic E-state index is 0.0475. The van der Waals surface area contributed by atoms with Crippen molar-refractivity contribution in [3.8, 4) is 0 Å². The lowest BCUT2D eigenvalue weighted by Gasteiger charge is -2.12. The molecule has 2 unspecified atom stereocenters. The van der Waals surface area contributed by atoms with Crippen LogP contribution in [-0.2, 0) is 0 Å². The fourth-order valence-electron chi connectivity index (χ4n) is 2.57. The van der Waals surface area contributed by atoms with Gasteiger partial charge in [0.1, 0.15) is 0 Å². The van der Waals surface area contributed by atoms with Crippen molar-refractivity contribution in [2.24, 2.45) is 11.8 Å². The second-order valence-electron chi connectivity index (χ2n) is 5.20. The van der Waals surface area contributed by atoms with E-state index in [0.29, 0.717) is 21.6 Å². The number of hydrogen-bond donors (Lipinski definition) is 2. The first kappa shape index (κ1) is 13.4. The summed E-state index contributed by atoms with van der Waals surface area (Å²) in [5, 5.41) is 3.00. The van der Waals surface area contributed by atoms with Gasteiger partial charge in [-0.2, -0.15) is 0 Å². The largest absolute Gasteiger partial charge is 0.398 e. The van der Waals surface area contributed by atoms with Crippen molar-refractivity contribution in [2.45, 2.75) is 26.2 Å². The molecule has 2 atom stereocenters. The number of nitrogen functional groups attached to an aromatic ring is 1. The Labute approximate surface area is 116 Å². The quantitative estimate of drug-likeness (QED) is 0.842. The van der Waals surface area contributed by atoms with E-state index >= 15 is 0 Å². The molecule has 0 aliphatic heterocycles. The van der Waals surface area contributed by atoms with Gasteiger partial charge in [-0.05, 0) is 52.7 Å². The third-order valence-electron chi connectivity index (χ3n) is 3.63. The summed E-state index contributed by atoms with van der Waals surface area (Å²) >= 11 is 3.36. The number of nitrogens with two attached hydrogens (primary N) is 1. The van der Waals surface area contributed by atoms with Gasteiger partial charge in [-0.3, -0.25) is 4.79 Å². The third-order valence-corrected chi connectivity index (χ3v) is 4.51. The molecular formula is C14H19BrN2O. The maximum Gasteiger partial charge on any atom is 0.252 e. The number of benzene rings is 1. The van der Waals surface area contributed by atoms with Crippen LogP contribution in [0.1, 0.15) is 36.5 Å². The summed E-state index contributed by atoms with van der Waals surface area (Å²) in [5.74, 6) is 1.38. The van der Waals surface area contributed by atoms with Crippen molar-refractivity contribution in [3.63, 3.8) is 0 Å². The van der Waals surface area contributed by atoms with Crippen LogP contribution >= 0.6 is 15.9 Å². The summed E-state index contributed by atoms with van der Waals surface area (Å²) in [4.78, 5) is 12.1. The smallest absolute Gasteiger partial charge is 0.252 e. The molecule has 0 heterocycles. The summed E-state index contributed by atoms with van der Waals surface area (Å²) in [6.07, 6.45) is 3.72. The molecule has 1 saturated carbocycles. The maximum atomic E-state index is 12.1. The normalized spacial score (nSPS) is 23.0. The standard InChI is InChI=1S/C14H19BrN2O/c1-9-5-6-10(7-9)8-17-14(18)11-3-2-4-12(16)13(11)15/h2-4,9-10H,5-8,16H2,1H3,(H,17,18). The number of carbonyl (C=O) groups is 1. The number of nitrogens with one attached hydrogen (secondary N) is 1. The van der Waals surface area contributed by atoms with Crippen LogP contribution in [0.3, 0.4) is 0 Å². The van der Waals surface area contributed by atoms with Crippen LogP contribution in [0.15, 0.2) is 22.7 Å². The number of carbonyl (C=O) groups excluding carboxylic acids is 1. The van der Waals surface area contributed by atoms with Gasteiger partial charge >= 0.3 is 0 Å². The summed E-state index contributed by atoms with van der Waals surface area (Å²) in [6, 6.07) is 5.36. The molecule has 1 aromatic rings. The minimum Gasteiger partial charge on any atom is -0.398 e. The highest BCUT2D eigenvalue weighted by Crippen LogP contribution is 2.30. The molecule has 1 amide bonds. The van der Waals surface area contributed by atoms with Gasteiger partial charge in [-0.25, -0.2) is 0 Å². The van der Waals surface area contributed by atoms with E-state index in [1.165, 1.54) is 19.3 Å². The number of anilines is 1. The van der Waals surface area contributed by atoms with Crippen molar-refractivity contribution in [2.75, 3.05) is 12.3 Å². The van der Waals surface area contributed by atoms with Gasteiger partial charge in [0.15, 0.2) is 0 Å². The van der Waals surface area contributed by atoms with Crippen LogP contribution in [0.5, 0.6) is 0 Å². The highest BCUT2D eigenvalue weighted by Gasteiger charge is 2.22. The first-order valence-corrected chi connectivity index (χ1v) is 7.19. The molecule has 0 spiro atoms. The molecule has 18 heavy (non-hydrogen) atoms.